The van der Waals surface area contributed by atoms with Crippen molar-refractivity contribution in [2.75, 3.05) is 10.6 Å². The fourth-order valence-electron chi connectivity index (χ4n) is 3.40. The van der Waals surface area contributed by atoms with Crippen LogP contribution >= 0.6 is 0 Å². The molecule has 27 heavy (non-hydrogen) atoms. The summed E-state index contributed by atoms with van der Waals surface area (Å²) in [5, 5.41) is 8.52. The Hall–Kier alpha value is -2.86. The van der Waals surface area contributed by atoms with Crippen molar-refractivity contribution in [3.05, 3.63) is 60.2 Å². The van der Waals surface area contributed by atoms with Gasteiger partial charge in [-0.25, -0.2) is 4.79 Å². The summed E-state index contributed by atoms with van der Waals surface area (Å²) in [6.45, 7) is 0.427. The molecule has 0 saturated heterocycles. The van der Waals surface area contributed by atoms with Crippen LogP contribution in [-0.2, 0) is 11.3 Å². The van der Waals surface area contributed by atoms with Gasteiger partial charge in [-0.2, -0.15) is 0 Å². The van der Waals surface area contributed by atoms with Crippen molar-refractivity contribution in [3.63, 3.8) is 0 Å². The van der Waals surface area contributed by atoms with Crippen molar-refractivity contribution in [1.29, 1.82) is 0 Å². The van der Waals surface area contributed by atoms with Gasteiger partial charge in [0.2, 0.25) is 5.91 Å². The molecule has 2 aromatic rings. The van der Waals surface area contributed by atoms with Gasteiger partial charge in [0.25, 0.3) is 0 Å². The zero-order valence-electron chi connectivity index (χ0n) is 15.3. The second kappa shape index (κ2) is 9.19. The highest BCUT2D eigenvalue weighted by molar-refractivity contribution is 5.99. The fraction of sp³-hybridized carbons (Fsp3) is 0.333. The van der Waals surface area contributed by atoms with E-state index < -0.39 is 0 Å². The van der Waals surface area contributed by atoms with E-state index in [4.69, 9.17) is 5.73 Å². The van der Waals surface area contributed by atoms with E-state index in [1.54, 1.807) is 0 Å². The third-order valence-corrected chi connectivity index (χ3v) is 4.87. The number of benzene rings is 2. The molecule has 2 aromatic carbocycles. The minimum absolute atomic E-state index is 0.0255. The van der Waals surface area contributed by atoms with Crippen LogP contribution in [0.2, 0.25) is 0 Å². The van der Waals surface area contributed by atoms with E-state index >= 15 is 0 Å². The van der Waals surface area contributed by atoms with Gasteiger partial charge in [-0.05, 0) is 48.6 Å². The fourth-order valence-corrected chi connectivity index (χ4v) is 3.40. The molecular formula is C21H26N4O2. The van der Waals surface area contributed by atoms with Crippen molar-refractivity contribution in [1.82, 2.24) is 5.32 Å². The van der Waals surface area contributed by atoms with Crippen LogP contribution in [0.5, 0.6) is 0 Å². The maximum Gasteiger partial charge on any atom is 0.323 e. The van der Waals surface area contributed by atoms with Crippen LogP contribution in [0.25, 0.3) is 0 Å². The summed E-state index contributed by atoms with van der Waals surface area (Å²) in [5.41, 5.74) is 8.36. The Bertz CT molecular complexity index is 779. The molecule has 0 aromatic heterocycles. The Kier molecular flexibility index (Phi) is 6.44. The summed E-state index contributed by atoms with van der Waals surface area (Å²) in [4.78, 5) is 24.2. The number of nitrogens with one attached hydrogen (secondary N) is 3. The Balaban J connectivity index is 1.48. The predicted molar refractivity (Wildman–Crippen MR) is 107 cm³/mol. The molecule has 142 valence electrons. The lowest BCUT2D eigenvalue weighted by atomic mass is 10.00. The predicted octanol–water partition coefficient (Wildman–Crippen LogP) is 3.46. The molecule has 3 rings (SSSR count). The zero-order chi connectivity index (χ0) is 19.1. The van der Waals surface area contributed by atoms with Crippen LogP contribution < -0.4 is 21.7 Å². The van der Waals surface area contributed by atoms with Crippen LogP contribution in [0.4, 0.5) is 16.2 Å². The number of carbonyl (C=O) groups is 2. The van der Waals surface area contributed by atoms with Crippen LogP contribution in [0.1, 0.15) is 31.2 Å². The second-order valence-electron chi connectivity index (χ2n) is 6.98. The van der Waals surface area contributed by atoms with Crippen molar-refractivity contribution < 1.29 is 9.59 Å². The summed E-state index contributed by atoms with van der Waals surface area (Å²) in [5.74, 6) is 0.317. The maximum atomic E-state index is 12.1. The first-order valence-corrected chi connectivity index (χ1v) is 9.34. The summed E-state index contributed by atoms with van der Waals surface area (Å²) in [7, 11) is 0. The number of para-hydroxylation sites is 1. The lowest BCUT2D eigenvalue weighted by Crippen LogP contribution is -2.31. The number of nitrogens with two attached hydrogens (primary N) is 1. The highest BCUT2D eigenvalue weighted by atomic mass is 16.2. The highest BCUT2D eigenvalue weighted by Crippen LogP contribution is 2.26. The van der Waals surface area contributed by atoms with Gasteiger partial charge in [-0.1, -0.05) is 36.8 Å². The molecule has 0 radical (unpaired) electrons. The largest absolute Gasteiger partial charge is 0.352 e. The highest BCUT2D eigenvalue weighted by Gasteiger charge is 2.25. The van der Waals surface area contributed by atoms with Gasteiger partial charge in [0.1, 0.15) is 0 Å². The molecule has 1 fully saturated rings. The van der Waals surface area contributed by atoms with Gasteiger partial charge in [-0.3, -0.25) is 4.79 Å². The lowest BCUT2D eigenvalue weighted by Gasteiger charge is -2.15. The minimum atomic E-state index is -0.308. The number of urea groups is 1. The number of carbonyl (C=O) groups excluding carboxylic acids is 2. The number of hydrogen-bond acceptors (Lipinski definition) is 3. The average molecular weight is 366 g/mol. The molecule has 0 spiro atoms. The third-order valence-electron chi connectivity index (χ3n) is 4.87. The lowest BCUT2D eigenvalue weighted by molar-refractivity contribution is -0.122. The van der Waals surface area contributed by atoms with E-state index in [0.29, 0.717) is 24.6 Å². The standard InChI is InChI=1S/C21H26N4O2/c22-19-11-5-7-16(19)13-20(26)23-14-15-6-4-10-18(12-15)25-21(27)24-17-8-2-1-3-9-17/h1-4,6,8-10,12,16,19H,5,7,11,13-14,22H2,(H,23,26)(H2,24,25,27)/t16-,19+/m0/s1. The Labute approximate surface area is 159 Å². The smallest absolute Gasteiger partial charge is 0.323 e. The Morgan fingerprint density at radius 1 is 0.963 bits per heavy atom. The van der Waals surface area contributed by atoms with Crippen molar-refractivity contribution in [2.24, 2.45) is 11.7 Å². The molecule has 3 amide bonds. The first kappa shape index (κ1) is 18.9. The summed E-state index contributed by atoms with van der Waals surface area (Å²) >= 11 is 0. The van der Waals surface area contributed by atoms with Crippen LogP contribution in [0, 0.1) is 5.92 Å². The molecule has 1 aliphatic carbocycles. The van der Waals surface area contributed by atoms with Crippen molar-refractivity contribution >= 4 is 23.3 Å². The van der Waals surface area contributed by atoms with Gasteiger partial charge < -0.3 is 21.7 Å². The zero-order valence-corrected chi connectivity index (χ0v) is 15.3. The van der Waals surface area contributed by atoms with E-state index in [2.05, 4.69) is 16.0 Å². The molecule has 1 aliphatic rings. The maximum absolute atomic E-state index is 12.1. The molecule has 6 nitrogen and oxygen atoms in total. The SMILES string of the molecule is N[C@@H]1CCC[C@H]1CC(=O)NCc1cccc(NC(=O)Nc2ccccc2)c1. The van der Waals surface area contributed by atoms with Crippen molar-refractivity contribution in [2.45, 2.75) is 38.3 Å². The molecule has 0 aliphatic heterocycles. The summed E-state index contributed by atoms with van der Waals surface area (Å²) in [6, 6.07) is 16.5. The number of rotatable bonds is 6. The molecular weight excluding hydrogens is 340 g/mol. The molecule has 0 heterocycles. The third kappa shape index (κ3) is 5.82. The number of anilines is 2. The van der Waals surface area contributed by atoms with Crippen LogP contribution in [0.3, 0.4) is 0 Å². The second-order valence-corrected chi connectivity index (χ2v) is 6.98. The topological polar surface area (TPSA) is 96.2 Å². The van der Waals surface area contributed by atoms with E-state index in [-0.39, 0.29) is 18.0 Å². The molecule has 0 unspecified atom stereocenters. The summed E-state index contributed by atoms with van der Waals surface area (Å²) in [6.07, 6.45) is 3.64. The van der Waals surface area contributed by atoms with Gasteiger partial charge in [-0.15, -0.1) is 0 Å². The molecule has 6 heteroatoms. The molecule has 1 saturated carbocycles. The van der Waals surface area contributed by atoms with Crippen LogP contribution in [-0.4, -0.2) is 18.0 Å². The van der Waals surface area contributed by atoms with Gasteiger partial charge >= 0.3 is 6.03 Å². The monoisotopic (exact) mass is 366 g/mol. The van der Waals surface area contributed by atoms with E-state index in [0.717, 1.165) is 30.5 Å². The van der Waals surface area contributed by atoms with E-state index in [1.807, 2.05) is 54.6 Å². The first-order valence-electron chi connectivity index (χ1n) is 9.34. The average Bonchev–Trinajstić information content (AvgIpc) is 3.06. The quantitative estimate of drug-likeness (QED) is 0.630. The number of hydrogen-bond donors (Lipinski definition) is 4. The number of amides is 3. The van der Waals surface area contributed by atoms with Crippen molar-refractivity contribution in [3.8, 4) is 0 Å². The molecule has 2 atom stereocenters. The normalized spacial score (nSPS) is 18.7. The minimum Gasteiger partial charge on any atom is -0.352 e. The first-order chi connectivity index (χ1) is 13.1. The summed E-state index contributed by atoms with van der Waals surface area (Å²) < 4.78 is 0. The van der Waals surface area contributed by atoms with Crippen LogP contribution in [0.15, 0.2) is 54.6 Å². The van der Waals surface area contributed by atoms with Gasteiger partial charge in [0.05, 0.1) is 0 Å². The van der Waals surface area contributed by atoms with E-state index in [9.17, 15) is 9.59 Å². The van der Waals surface area contributed by atoms with E-state index in [1.165, 1.54) is 0 Å². The van der Waals surface area contributed by atoms with Gasteiger partial charge in [0, 0.05) is 30.4 Å². The molecule has 0 bridgehead atoms. The Morgan fingerprint density at radius 3 is 2.44 bits per heavy atom. The van der Waals surface area contributed by atoms with Gasteiger partial charge in [0.15, 0.2) is 0 Å². The molecule has 5 N–H and O–H groups in total. The Morgan fingerprint density at radius 2 is 1.70 bits per heavy atom.